The first-order chi connectivity index (χ1) is 6.97. The van der Waals surface area contributed by atoms with Crippen molar-refractivity contribution in [2.45, 2.75) is 38.4 Å². The molecule has 0 spiro atoms. The normalized spacial score (nSPS) is 17.1. The molecular weight excluding hydrogens is 214 g/mol. The van der Waals surface area contributed by atoms with Crippen LogP contribution in [0.3, 0.4) is 0 Å². The van der Waals surface area contributed by atoms with E-state index in [2.05, 4.69) is 4.98 Å². The Morgan fingerprint density at radius 3 is 2.80 bits per heavy atom. The Morgan fingerprint density at radius 2 is 2.27 bits per heavy atom. The molecule has 0 aliphatic heterocycles. The molecule has 1 rings (SSSR count). The third kappa shape index (κ3) is 3.16. The summed E-state index contributed by atoms with van der Waals surface area (Å²) in [5.41, 5.74) is -0.278. The van der Waals surface area contributed by atoms with Gasteiger partial charge in [-0.15, -0.1) is 0 Å². The number of hydrogen-bond donors (Lipinski definition) is 2. The molecule has 0 aliphatic rings. The SMILES string of the molecule is CCC(C)(O)C(O)Cc1ccncc1Cl. The Kier molecular flexibility index (Phi) is 4.08. The maximum absolute atomic E-state index is 9.84. The van der Waals surface area contributed by atoms with Crippen LogP contribution in [0.5, 0.6) is 0 Å². The van der Waals surface area contributed by atoms with Crippen LogP contribution in [0.4, 0.5) is 0 Å². The third-order valence-corrected chi connectivity index (χ3v) is 3.04. The molecular formula is C11H16ClNO2. The molecule has 1 aromatic rings. The molecule has 0 amide bonds. The average Bonchev–Trinajstić information content (AvgIpc) is 2.21. The number of pyridine rings is 1. The minimum atomic E-state index is -1.08. The molecule has 1 heterocycles. The number of aromatic nitrogens is 1. The topological polar surface area (TPSA) is 53.4 Å². The summed E-state index contributed by atoms with van der Waals surface area (Å²) in [6.45, 7) is 3.45. The smallest absolute Gasteiger partial charge is 0.0878 e. The van der Waals surface area contributed by atoms with Crippen LogP contribution in [-0.2, 0) is 6.42 Å². The number of aliphatic hydroxyl groups is 2. The van der Waals surface area contributed by atoms with Gasteiger partial charge >= 0.3 is 0 Å². The van der Waals surface area contributed by atoms with Gasteiger partial charge in [0, 0.05) is 18.8 Å². The van der Waals surface area contributed by atoms with Gasteiger partial charge in [0.15, 0.2) is 0 Å². The zero-order valence-corrected chi connectivity index (χ0v) is 9.70. The molecule has 2 N–H and O–H groups in total. The van der Waals surface area contributed by atoms with Crippen LogP contribution in [0, 0.1) is 0 Å². The van der Waals surface area contributed by atoms with Crippen LogP contribution >= 0.6 is 11.6 Å². The average molecular weight is 230 g/mol. The van der Waals surface area contributed by atoms with E-state index in [1.165, 1.54) is 6.20 Å². The van der Waals surface area contributed by atoms with Crippen LogP contribution in [-0.4, -0.2) is 26.9 Å². The van der Waals surface area contributed by atoms with Crippen molar-refractivity contribution in [3.8, 4) is 0 Å². The lowest BCUT2D eigenvalue weighted by Crippen LogP contribution is -2.40. The standard InChI is InChI=1S/C11H16ClNO2/c1-3-11(2,15)10(14)6-8-4-5-13-7-9(8)12/h4-5,7,10,14-15H,3,6H2,1-2H3. The predicted octanol–water partition coefficient (Wildman–Crippen LogP) is 1.80. The van der Waals surface area contributed by atoms with Crippen LogP contribution in [0.25, 0.3) is 0 Å². The second-order valence-corrected chi connectivity index (χ2v) is 4.30. The van der Waals surface area contributed by atoms with E-state index in [4.69, 9.17) is 11.6 Å². The van der Waals surface area contributed by atoms with Gasteiger partial charge in [0.2, 0.25) is 0 Å². The monoisotopic (exact) mass is 229 g/mol. The minimum absolute atomic E-state index is 0.336. The van der Waals surface area contributed by atoms with E-state index in [0.29, 0.717) is 17.9 Å². The van der Waals surface area contributed by atoms with E-state index in [0.717, 1.165) is 5.56 Å². The lowest BCUT2D eigenvalue weighted by Gasteiger charge is -2.27. The van der Waals surface area contributed by atoms with Crippen molar-refractivity contribution < 1.29 is 10.2 Å². The first-order valence-electron chi connectivity index (χ1n) is 4.96. The van der Waals surface area contributed by atoms with Gasteiger partial charge in [-0.25, -0.2) is 0 Å². The van der Waals surface area contributed by atoms with Crippen molar-refractivity contribution in [1.82, 2.24) is 4.98 Å². The molecule has 3 nitrogen and oxygen atoms in total. The fourth-order valence-electron chi connectivity index (χ4n) is 1.23. The van der Waals surface area contributed by atoms with E-state index in [9.17, 15) is 10.2 Å². The number of nitrogens with zero attached hydrogens (tertiary/aromatic N) is 1. The summed E-state index contributed by atoms with van der Waals surface area (Å²) >= 11 is 5.91. The highest BCUT2D eigenvalue weighted by molar-refractivity contribution is 6.31. The van der Waals surface area contributed by atoms with Gasteiger partial charge < -0.3 is 10.2 Å². The van der Waals surface area contributed by atoms with Gasteiger partial charge in [0.25, 0.3) is 0 Å². The van der Waals surface area contributed by atoms with E-state index in [-0.39, 0.29) is 0 Å². The van der Waals surface area contributed by atoms with Gasteiger partial charge in [0.1, 0.15) is 0 Å². The molecule has 2 atom stereocenters. The van der Waals surface area contributed by atoms with E-state index in [1.54, 1.807) is 19.2 Å². The molecule has 2 unspecified atom stereocenters. The van der Waals surface area contributed by atoms with Crippen molar-refractivity contribution in [1.29, 1.82) is 0 Å². The van der Waals surface area contributed by atoms with Crippen LogP contribution < -0.4 is 0 Å². The minimum Gasteiger partial charge on any atom is -0.390 e. The Hall–Kier alpha value is -0.640. The summed E-state index contributed by atoms with van der Waals surface area (Å²) in [6.07, 6.45) is 3.17. The highest BCUT2D eigenvalue weighted by atomic mass is 35.5. The summed E-state index contributed by atoms with van der Waals surface area (Å²) in [6, 6.07) is 1.75. The fourth-order valence-corrected chi connectivity index (χ4v) is 1.43. The lowest BCUT2D eigenvalue weighted by atomic mass is 9.91. The molecule has 15 heavy (non-hydrogen) atoms. The predicted molar refractivity (Wildman–Crippen MR) is 59.9 cm³/mol. The highest BCUT2D eigenvalue weighted by Crippen LogP contribution is 2.21. The van der Waals surface area contributed by atoms with Crippen LogP contribution in [0.1, 0.15) is 25.8 Å². The molecule has 0 bridgehead atoms. The highest BCUT2D eigenvalue weighted by Gasteiger charge is 2.28. The largest absolute Gasteiger partial charge is 0.390 e. The van der Waals surface area contributed by atoms with Crippen molar-refractivity contribution in [2.75, 3.05) is 0 Å². The Labute approximate surface area is 94.7 Å². The first-order valence-corrected chi connectivity index (χ1v) is 5.34. The van der Waals surface area contributed by atoms with Gasteiger partial charge in [-0.05, 0) is 25.0 Å². The molecule has 4 heteroatoms. The third-order valence-electron chi connectivity index (χ3n) is 2.70. The van der Waals surface area contributed by atoms with Crippen molar-refractivity contribution in [3.05, 3.63) is 29.0 Å². The molecule has 84 valence electrons. The van der Waals surface area contributed by atoms with Gasteiger partial charge in [-0.2, -0.15) is 0 Å². The van der Waals surface area contributed by atoms with Crippen LogP contribution in [0.2, 0.25) is 5.02 Å². The Bertz CT molecular complexity index is 328. The summed E-state index contributed by atoms with van der Waals surface area (Å²) < 4.78 is 0. The van der Waals surface area contributed by atoms with Gasteiger partial charge in [-0.3, -0.25) is 4.98 Å². The van der Waals surface area contributed by atoms with Gasteiger partial charge in [-0.1, -0.05) is 18.5 Å². The Morgan fingerprint density at radius 1 is 1.60 bits per heavy atom. The number of halogens is 1. The van der Waals surface area contributed by atoms with Crippen molar-refractivity contribution in [2.24, 2.45) is 0 Å². The van der Waals surface area contributed by atoms with Crippen molar-refractivity contribution >= 4 is 11.6 Å². The second-order valence-electron chi connectivity index (χ2n) is 3.90. The summed E-state index contributed by atoms with van der Waals surface area (Å²) in [5, 5.41) is 20.2. The molecule has 0 aromatic carbocycles. The maximum atomic E-state index is 9.84. The molecule has 0 aliphatic carbocycles. The first kappa shape index (κ1) is 12.4. The quantitative estimate of drug-likeness (QED) is 0.828. The molecule has 0 radical (unpaired) electrons. The van der Waals surface area contributed by atoms with Crippen LogP contribution in [0.15, 0.2) is 18.5 Å². The summed E-state index contributed by atoms with van der Waals surface area (Å²) in [4.78, 5) is 3.86. The van der Waals surface area contributed by atoms with E-state index in [1.807, 2.05) is 6.92 Å². The number of rotatable bonds is 4. The fraction of sp³-hybridized carbons (Fsp3) is 0.545. The lowest BCUT2D eigenvalue weighted by molar-refractivity contribution is -0.0629. The van der Waals surface area contributed by atoms with Gasteiger partial charge in [0.05, 0.1) is 16.7 Å². The van der Waals surface area contributed by atoms with E-state index < -0.39 is 11.7 Å². The zero-order valence-electron chi connectivity index (χ0n) is 8.94. The summed E-state index contributed by atoms with van der Waals surface area (Å²) in [7, 11) is 0. The summed E-state index contributed by atoms with van der Waals surface area (Å²) in [5.74, 6) is 0. The molecule has 0 saturated carbocycles. The number of hydrogen-bond acceptors (Lipinski definition) is 3. The second kappa shape index (κ2) is 4.92. The molecule has 0 fully saturated rings. The number of aliphatic hydroxyl groups excluding tert-OH is 1. The zero-order chi connectivity index (χ0) is 11.5. The molecule has 1 aromatic heterocycles. The molecule has 0 saturated heterocycles. The Balaban J connectivity index is 2.75. The van der Waals surface area contributed by atoms with E-state index >= 15 is 0 Å². The van der Waals surface area contributed by atoms with Crippen molar-refractivity contribution in [3.63, 3.8) is 0 Å². The maximum Gasteiger partial charge on any atom is 0.0878 e.